The number of hydrogen-bond donors (Lipinski definition) is 2. The quantitative estimate of drug-likeness (QED) is 0.748. The summed E-state index contributed by atoms with van der Waals surface area (Å²) in [6.45, 7) is 0. The number of fused-ring (bicyclic) bond motifs is 2. The minimum Gasteiger partial charge on any atom is -0.397 e. The van der Waals surface area contributed by atoms with E-state index in [0.717, 1.165) is 40.6 Å². The number of nitrogen functional groups attached to an aromatic ring is 1. The van der Waals surface area contributed by atoms with Crippen molar-refractivity contribution in [3.05, 3.63) is 45.4 Å². The predicted molar refractivity (Wildman–Crippen MR) is 93.8 cm³/mol. The molecule has 0 bridgehead atoms. The van der Waals surface area contributed by atoms with Crippen molar-refractivity contribution < 1.29 is 9.78 Å². The summed E-state index contributed by atoms with van der Waals surface area (Å²) < 4.78 is 0. The van der Waals surface area contributed by atoms with Crippen LogP contribution in [0.25, 0.3) is 21.3 Å². The molecule has 4 rings (SSSR count). The molecule has 6 heteroatoms. The second-order valence-corrected chi connectivity index (χ2v) is 7.19. The molecular weight excluding hydrogens is 330 g/mol. The predicted octanol–water partition coefficient (Wildman–Crippen LogP) is 3.21. The molecule has 0 unspecified atom stereocenters. The van der Waals surface area contributed by atoms with Crippen LogP contribution >= 0.6 is 22.9 Å². The molecule has 3 aromatic rings. The van der Waals surface area contributed by atoms with E-state index in [1.54, 1.807) is 0 Å². The standard InChI is InChI=1S/C17H14ClN3OS/c18-9-6-4-8(5-7-9)12-10-2-1-3-11(10)21-17-13(12)14(19)15(23-17)16(20)22/h4-7H,1-3,19H2,(H2,20,22)/p+1. The second kappa shape index (κ2) is 5.22. The van der Waals surface area contributed by atoms with E-state index in [1.165, 1.54) is 22.6 Å². The lowest BCUT2D eigenvalue weighted by Crippen LogP contribution is -2.12. The van der Waals surface area contributed by atoms with Crippen LogP contribution in [-0.4, -0.2) is 5.91 Å². The Labute approximate surface area is 142 Å². The lowest BCUT2D eigenvalue weighted by atomic mass is 9.96. The van der Waals surface area contributed by atoms with Crippen molar-refractivity contribution in [1.82, 2.24) is 0 Å². The number of anilines is 1. The van der Waals surface area contributed by atoms with Crippen LogP contribution in [0.15, 0.2) is 24.3 Å². The minimum atomic E-state index is -0.487. The van der Waals surface area contributed by atoms with Gasteiger partial charge in [-0.3, -0.25) is 4.79 Å². The number of halogens is 1. The number of aryl methyl sites for hydroxylation is 1. The van der Waals surface area contributed by atoms with Gasteiger partial charge in [0.25, 0.3) is 10.7 Å². The van der Waals surface area contributed by atoms with Gasteiger partial charge in [0.2, 0.25) is 0 Å². The normalized spacial score (nSPS) is 13.4. The number of H-pyrrole nitrogens is 1. The van der Waals surface area contributed by atoms with Crippen LogP contribution in [0.2, 0.25) is 5.02 Å². The maximum atomic E-state index is 11.7. The summed E-state index contributed by atoms with van der Waals surface area (Å²) in [7, 11) is 0. The van der Waals surface area contributed by atoms with Gasteiger partial charge in [-0.1, -0.05) is 35.1 Å². The van der Waals surface area contributed by atoms with Gasteiger partial charge >= 0.3 is 0 Å². The van der Waals surface area contributed by atoms with Crippen LogP contribution in [0.3, 0.4) is 0 Å². The smallest absolute Gasteiger partial charge is 0.270 e. The van der Waals surface area contributed by atoms with Gasteiger partial charge in [0, 0.05) is 22.6 Å². The zero-order chi connectivity index (χ0) is 16.1. The van der Waals surface area contributed by atoms with Gasteiger partial charge in [0.1, 0.15) is 4.88 Å². The van der Waals surface area contributed by atoms with Crippen molar-refractivity contribution in [2.24, 2.45) is 5.73 Å². The highest BCUT2D eigenvalue weighted by molar-refractivity contribution is 7.20. The number of amides is 1. The molecule has 1 aliphatic rings. The van der Waals surface area contributed by atoms with Gasteiger partial charge < -0.3 is 11.5 Å². The summed E-state index contributed by atoms with van der Waals surface area (Å²) in [5, 5.41) is 1.59. The van der Waals surface area contributed by atoms with Crippen molar-refractivity contribution in [3.63, 3.8) is 0 Å². The number of primary amides is 1. The number of aromatic amines is 1. The Bertz CT molecular complexity index is 947. The molecule has 2 heterocycles. The number of hydrogen-bond acceptors (Lipinski definition) is 3. The van der Waals surface area contributed by atoms with Gasteiger partial charge in [0.05, 0.1) is 11.1 Å². The van der Waals surface area contributed by atoms with Gasteiger partial charge in [-0.25, -0.2) is 0 Å². The van der Waals surface area contributed by atoms with E-state index in [0.29, 0.717) is 15.6 Å². The van der Waals surface area contributed by atoms with Crippen LogP contribution in [0.5, 0.6) is 0 Å². The minimum absolute atomic E-state index is 0.412. The summed E-state index contributed by atoms with van der Waals surface area (Å²) in [5.74, 6) is -0.487. The number of rotatable bonds is 2. The maximum Gasteiger partial charge on any atom is 0.270 e. The van der Waals surface area contributed by atoms with Crippen molar-refractivity contribution >= 4 is 44.7 Å². The first-order chi connectivity index (χ1) is 11.1. The fraction of sp³-hybridized carbons (Fsp3) is 0.176. The van der Waals surface area contributed by atoms with Crippen molar-refractivity contribution in [2.45, 2.75) is 19.3 Å². The number of carbonyl (C=O) groups is 1. The number of thiophene rings is 1. The first-order valence-electron chi connectivity index (χ1n) is 7.41. The topological polar surface area (TPSA) is 83.2 Å². The Balaban J connectivity index is 2.11. The molecule has 0 spiro atoms. The molecule has 0 atom stereocenters. The van der Waals surface area contributed by atoms with Crippen LogP contribution in [0, 0.1) is 0 Å². The molecule has 1 amide bonds. The SMILES string of the molecule is NC(=O)c1sc2[nH+]c3c(c(-c4ccc(Cl)cc4)c2c1N)CCC3. The highest BCUT2D eigenvalue weighted by Gasteiger charge is 2.29. The number of carbonyl (C=O) groups excluding carboxylic acids is 1. The molecule has 0 saturated carbocycles. The van der Waals surface area contributed by atoms with Crippen molar-refractivity contribution in [1.29, 1.82) is 0 Å². The lowest BCUT2D eigenvalue weighted by molar-refractivity contribution is -0.353. The van der Waals surface area contributed by atoms with E-state index in [9.17, 15) is 4.79 Å². The van der Waals surface area contributed by atoms with Gasteiger partial charge in [-0.05, 0) is 30.5 Å². The summed E-state index contributed by atoms with van der Waals surface area (Å²) in [4.78, 5) is 16.4. The Hall–Kier alpha value is -2.11. The molecule has 1 aliphatic carbocycles. The average molecular weight is 345 g/mol. The Morgan fingerprint density at radius 3 is 2.65 bits per heavy atom. The van der Waals surface area contributed by atoms with E-state index < -0.39 is 5.91 Å². The molecular formula is C17H15ClN3OS+. The monoisotopic (exact) mass is 344 g/mol. The first kappa shape index (κ1) is 14.5. The molecule has 0 aliphatic heterocycles. The summed E-state index contributed by atoms with van der Waals surface area (Å²) in [6.07, 6.45) is 3.13. The lowest BCUT2D eigenvalue weighted by Gasteiger charge is -2.08. The Morgan fingerprint density at radius 2 is 1.96 bits per heavy atom. The van der Waals surface area contributed by atoms with Crippen LogP contribution in [0.1, 0.15) is 27.3 Å². The molecule has 2 aromatic heterocycles. The third-order valence-electron chi connectivity index (χ3n) is 4.34. The fourth-order valence-electron chi connectivity index (χ4n) is 3.34. The maximum absolute atomic E-state index is 11.7. The molecule has 1 aromatic carbocycles. The van der Waals surface area contributed by atoms with Crippen molar-refractivity contribution in [2.75, 3.05) is 5.73 Å². The number of benzene rings is 1. The number of nitrogens with one attached hydrogen (secondary N) is 1. The summed E-state index contributed by atoms with van der Waals surface area (Å²) >= 11 is 7.35. The Morgan fingerprint density at radius 1 is 1.22 bits per heavy atom. The van der Waals surface area contributed by atoms with E-state index in [-0.39, 0.29) is 0 Å². The number of aromatic nitrogens is 1. The second-order valence-electron chi connectivity index (χ2n) is 5.73. The number of pyridine rings is 1. The van der Waals surface area contributed by atoms with Gasteiger partial charge in [-0.2, -0.15) is 4.98 Å². The van der Waals surface area contributed by atoms with Gasteiger partial charge in [-0.15, -0.1) is 0 Å². The van der Waals surface area contributed by atoms with Gasteiger partial charge in [0.15, 0.2) is 5.69 Å². The third-order valence-corrected chi connectivity index (χ3v) is 5.72. The van der Waals surface area contributed by atoms with E-state index in [4.69, 9.17) is 23.1 Å². The van der Waals surface area contributed by atoms with E-state index in [2.05, 4.69) is 4.98 Å². The highest BCUT2D eigenvalue weighted by atomic mass is 35.5. The number of nitrogens with two attached hydrogens (primary N) is 2. The average Bonchev–Trinajstić information content (AvgIpc) is 3.11. The largest absolute Gasteiger partial charge is 0.397 e. The molecule has 0 saturated heterocycles. The van der Waals surface area contributed by atoms with E-state index >= 15 is 0 Å². The first-order valence-corrected chi connectivity index (χ1v) is 8.60. The molecule has 0 fully saturated rings. The summed E-state index contributed by atoms with van der Waals surface area (Å²) in [6, 6.07) is 7.74. The molecule has 5 N–H and O–H groups in total. The fourth-order valence-corrected chi connectivity index (χ4v) is 4.47. The molecule has 116 valence electrons. The van der Waals surface area contributed by atoms with E-state index in [1.807, 2.05) is 24.3 Å². The molecule has 23 heavy (non-hydrogen) atoms. The molecule has 0 radical (unpaired) electrons. The summed E-state index contributed by atoms with van der Waals surface area (Å²) in [5.41, 5.74) is 16.9. The third kappa shape index (κ3) is 2.19. The zero-order valence-electron chi connectivity index (χ0n) is 12.3. The van der Waals surface area contributed by atoms with Crippen LogP contribution < -0.4 is 16.5 Å². The molecule has 4 nitrogen and oxygen atoms in total. The van der Waals surface area contributed by atoms with Crippen molar-refractivity contribution in [3.8, 4) is 11.1 Å². The zero-order valence-corrected chi connectivity index (χ0v) is 13.9. The van der Waals surface area contributed by atoms with Crippen LogP contribution in [-0.2, 0) is 12.8 Å². The van der Waals surface area contributed by atoms with Crippen LogP contribution in [0.4, 0.5) is 5.69 Å². The highest BCUT2D eigenvalue weighted by Crippen LogP contribution is 2.42. The Kier molecular flexibility index (Phi) is 3.28.